The number of benzene rings is 3. The molecular weight excluding hydrogens is 424 g/mol. The van der Waals surface area contributed by atoms with Crippen molar-refractivity contribution in [1.29, 1.82) is 0 Å². The van der Waals surface area contributed by atoms with Crippen molar-refractivity contribution >= 4 is 11.8 Å². The van der Waals surface area contributed by atoms with Crippen LogP contribution in [0, 0.1) is 6.92 Å². The predicted octanol–water partition coefficient (Wildman–Crippen LogP) is 4.93. The van der Waals surface area contributed by atoms with Crippen LogP contribution < -0.4 is 10.1 Å². The Hall–Kier alpha value is -3.60. The van der Waals surface area contributed by atoms with Crippen molar-refractivity contribution in [3.63, 3.8) is 0 Å². The first-order chi connectivity index (χ1) is 16.5. The lowest BCUT2D eigenvalue weighted by molar-refractivity contribution is -0.143. The molecular formula is C29H34N2O3. The Labute approximate surface area is 202 Å². The first-order valence-corrected chi connectivity index (χ1v) is 11.8. The van der Waals surface area contributed by atoms with Gasteiger partial charge in [0.1, 0.15) is 11.8 Å². The third-order valence-corrected chi connectivity index (χ3v) is 5.81. The van der Waals surface area contributed by atoms with E-state index in [-0.39, 0.29) is 24.5 Å². The van der Waals surface area contributed by atoms with E-state index < -0.39 is 6.04 Å². The van der Waals surface area contributed by atoms with Crippen LogP contribution in [0.25, 0.3) is 0 Å². The molecule has 34 heavy (non-hydrogen) atoms. The number of carbonyl (C=O) groups excluding carboxylic acids is 2. The van der Waals surface area contributed by atoms with E-state index >= 15 is 0 Å². The van der Waals surface area contributed by atoms with Crippen LogP contribution in [-0.4, -0.2) is 35.4 Å². The molecule has 2 amide bonds. The Bertz CT molecular complexity index is 1050. The third kappa shape index (κ3) is 7.48. The molecule has 0 aliphatic heterocycles. The van der Waals surface area contributed by atoms with Gasteiger partial charge in [-0.1, -0.05) is 85.3 Å². The molecule has 0 saturated carbocycles. The molecule has 2 atom stereocenters. The van der Waals surface area contributed by atoms with Gasteiger partial charge in [0, 0.05) is 19.0 Å². The Balaban J connectivity index is 1.91. The van der Waals surface area contributed by atoms with Crippen molar-refractivity contribution in [1.82, 2.24) is 10.2 Å². The Morgan fingerprint density at radius 1 is 0.912 bits per heavy atom. The fourth-order valence-electron chi connectivity index (χ4n) is 3.75. The molecule has 0 bridgehead atoms. The van der Waals surface area contributed by atoms with Gasteiger partial charge < -0.3 is 15.0 Å². The van der Waals surface area contributed by atoms with Gasteiger partial charge in [-0.2, -0.15) is 0 Å². The molecule has 0 aliphatic carbocycles. The summed E-state index contributed by atoms with van der Waals surface area (Å²) in [5.74, 6) is 0.236. The van der Waals surface area contributed by atoms with Gasteiger partial charge in [0.05, 0.1) is 0 Å². The molecule has 5 heteroatoms. The van der Waals surface area contributed by atoms with Crippen LogP contribution in [-0.2, 0) is 22.6 Å². The number of amides is 2. The summed E-state index contributed by atoms with van der Waals surface area (Å²) in [4.78, 5) is 28.6. The van der Waals surface area contributed by atoms with Crippen molar-refractivity contribution in [2.24, 2.45) is 0 Å². The quantitative estimate of drug-likeness (QED) is 0.443. The monoisotopic (exact) mass is 458 g/mol. The normalized spacial score (nSPS) is 12.4. The van der Waals surface area contributed by atoms with Gasteiger partial charge in [0.15, 0.2) is 6.61 Å². The molecule has 1 N–H and O–H groups in total. The fraction of sp³-hybridized carbons (Fsp3) is 0.310. The molecule has 3 rings (SSSR count). The Kier molecular flexibility index (Phi) is 9.27. The minimum atomic E-state index is -0.663. The molecule has 3 aromatic carbocycles. The highest BCUT2D eigenvalue weighted by molar-refractivity contribution is 5.88. The number of nitrogens with zero attached hydrogens (tertiary/aromatic N) is 1. The van der Waals surface area contributed by atoms with E-state index in [0.29, 0.717) is 18.7 Å². The number of ether oxygens (including phenoxy) is 1. The smallest absolute Gasteiger partial charge is 0.261 e. The first-order valence-electron chi connectivity index (χ1n) is 11.8. The maximum atomic E-state index is 13.5. The number of aryl methyl sites for hydroxylation is 1. The second kappa shape index (κ2) is 12.6. The second-order valence-electron chi connectivity index (χ2n) is 8.64. The molecule has 3 aromatic rings. The number of carbonyl (C=O) groups is 2. The molecule has 0 aliphatic rings. The Morgan fingerprint density at radius 3 is 2.21 bits per heavy atom. The van der Waals surface area contributed by atoms with E-state index in [1.165, 1.54) is 0 Å². The van der Waals surface area contributed by atoms with Crippen molar-refractivity contribution in [2.45, 2.75) is 52.2 Å². The van der Waals surface area contributed by atoms with Gasteiger partial charge in [-0.3, -0.25) is 9.59 Å². The van der Waals surface area contributed by atoms with E-state index in [0.717, 1.165) is 23.1 Å². The van der Waals surface area contributed by atoms with E-state index in [9.17, 15) is 9.59 Å². The van der Waals surface area contributed by atoms with Crippen LogP contribution in [0.3, 0.4) is 0 Å². The van der Waals surface area contributed by atoms with Crippen LogP contribution >= 0.6 is 0 Å². The first kappa shape index (κ1) is 25.0. The summed E-state index contributed by atoms with van der Waals surface area (Å²) < 4.78 is 5.77. The third-order valence-electron chi connectivity index (χ3n) is 5.81. The van der Waals surface area contributed by atoms with Gasteiger partial charge in [-0.05, 0) is 43.5 Å². The minimum Gasteiger partial charge on any atom is -0.484 e. The number of hydrogen-bond donors (Lipinski definition) is 1. The molecule has 0 radical (unpaired) electrons. The van der Waals surface area contributed by atoms with Gasteiger partial charge >= 0.3 is 0 Å². The van der Waals surface area contributed by atoms with Crippen LogP contribution in [0.4, 0.5) is 0 Å². The topological polar surface area (TPSA) is 58.6 Å². The molecule has 0 fully saturated rings. The molecule has 0 spiro atoms. The number of para-hydroxylation sites is 1. The van der Waals surface area contributed by atoms with Gasteiger partial charge in [-0.25, -0.2) is 0 Å². The lowest BCUT2D eigenvalue weighted by Crippen LogP contribution is -2.53. The maximum absolute atomic E-state index is 13.5. The summed E-state index contributed by atoms with van der Waals surface area (Å²) in [6.45, 7) is 6.20. The van der Waals surface area contributed by atoms with Crippen LogP contribution in [0.2, 0.25) is 0 Å². The van der Waals surface area contributed by atoms with E-state index in [4.69, 9.17) is 4.74 Å². The zero-order valence-corrected chi connectivity index (χ0v) is 20.2. The molecule has 0 heterocycles. The summed E-state index contributed by atoms with van der Waals surface area (Å²) >= 11 is 0. The molecule has 178 valence electrons. The fourth-order valence-corrected chi connectivity index (χ4v) is 3.75. The van der Waals surface area contributed by atoms with Crippen LogP contribution in [0.15, 0.2) is 84.9 Å². The summed E-state index contributed by atoms with van der Waals surface area (Å²) in [7, 11) is 0. The number of nitrogens with one attached hydrogen (secondary N) is 1. The van der Waals surface area contributed by atoms with Crippen molar-refractivity contribution < 1.29 is 14.3 Å². The minimum absolute atomic E-state index is 0.0160. The lowest BCUT2D eigenvalue weighted by Gasteiger charge is -2.32. The van der Waals surface area contributed by atoms with Gasteiger partial charge in [0.25, 0.3) is 5.91 Å². The van der Waals surface area contributed by atoms with E-state index in [1.807, 2.05) is 106 Å². The highest BCUT2D eigenvalue weighted by Gasteiger charge is 2.31. The number of rotatable bonds is 11. The van der Waals surface area contributed by atoms with Gasteiger partial charge in [-0.15, -0.1) is 0 Å². The van der Waals surface area contributed by atoms with E-state index in [2.05, 4.69) is 5.32 Å². The Morgan fingerprint density at radius 2 is 1.56 bits per heavy atom. The lowest BCUT2D eigenvalue weighted by atomic mass is 10.0. The second-order valence-corrected chi connectivity index (χ2v) is 8.64. The summed E-state index contributed by atoms with van der Waals surface area (Å²) in [6, 6.07) is 26.4. The number of hydrogen-bond acceptors (Lipinski definition) is 3. The summed E-state index contributed by atoms with van der Waals surface area (Å²) in [5, 5.41) is 3.08. The van der Waals surface area contributed by atoms with Crippen molar-refractivity contribution in [3.8, 4) is 5.75 Å². The SMILES string of the molecule is CC[C@H](C)NC(=O)[C@H](Cc1ccccc1)N(Cc1cccc(C)c1)C(=O)COc1ccccc1. The molecule has 0 unspecified atom stereocenters. The highest BCUT2D eigenvalue weighted by Crippen LogP contribution is 2.17. The zero-order chi connectivity index (χ0) is 24.3. The zero-order valence-electron chi connectivity index (χ0n) is 20.2. The molecule has 0 saturated heterocycles. The maximum Gasteiger partial charge on any atom is 0.261 e. The largest absolute Gasteiger partial charge is 0.484 e. The summed E-state index contributed by atoms with van der Waals surface area (Å²) in [5.41, 5.74) is 3.08. The summed E-state index contributed by atoms with van der Waals surface area (Å²) in [6.07, 6.45) is 1.23. The molecule has 0 aromatic heterocycles. The average Bonchev–Trinajstić information content (AvgIpc) is 2.85. The van der Waals surface area contributed by atoms with E-state index in [1.54, 1.807) is 4.90 Å². The predicted molar refractivity (Wildman–Crippen MR) is 135 cm³/mol. The van der Waals surface area contributed by atoms with Gasteiger partial charge in [0.2, 0.25) is 5.91 Å². The molecule has 5 nitrogen and oxygen atoms in total. The highest BCUT2D eigenvalue weighted by atomic mass is 16.5. The van der Waals surface area contributed by atoms with Crippen LogP contribution in [0.5, 0.6) is 5.75 Å². The average molecular weight is 459 g/mol. The van der Waals surface area contributed by atoms with Crippen molar-refractivity contribution in [3.05, 3.63) is 102 Å². The standard InChI is InChI=1S/C29H34N2O3/c1-4-23(3)30-29(33)27(19-24-13-7-5-8-14-24)31(20-25-15-11-12-22(2)18-25)28(32)21-34-26-16-9-6-10-17-26/h5-18,23,27H,4,19-21H2,1-3H3,(H,30,33)/t23-,27-/m0/s1. The van der Waals surface area contributed by atoms with Crippen molar-refractivity contribution in [2.75, 3.05) is 6.61 Å². The van der Waals surface area contributed by atoms with Crippen LogP contribution in [0.1, 0.15) is 37.0 Å².